The molecule has 0 saturated heterocycles. The van der Waals surface area contributed by atoms with Crippen LogP contribution < -0.4 is 19.3 Å². The molecular weight excluding hydrogens is 689 g/mol. The number of para-hydroxylation sites is 2. The largest absolute Gasteiger partial charge is 0.446 e. The van der Waals surface area contributed by atoms with E-state index in [1.807, 2.05) is 140 Å². The predicted molar refractivity (Wildman–Crippen MR) is 217 cm³/mol. The van der Waals surface area contributed by atoms with Gasteiger partial charge in [0.2, 0.25) is 0 Å². The maximum atomic E-state index is 12.9. The van der Waals surface area contributed by atoms with Crippen molar-refractivity contribution in [2.75, 3.05) is 9.80 Å². The number of hydrogen-bond acceptors (Lipinski definition) is 8. The number of rotatable bonds is 14. The number of carbonyl (C=O) groups is 3. The van der Waals surface area contributed by atoms with E-state index >= 15 is 0 Å². The summed E-state index contributed by atoms with van der Waals surface area (Å²) in [6, 6.07) is 49.8. The first-order valence-corrected chi connectivity index (χ1v) is 17.4. The second-order valence-corrected chi connectivity index (χ2v) is 12.3. The molecule has 8 nitrogen and oxygen atoms in total. The monoisotopic (exact) mass is 726 g/mol. The normalized spacial score (nSPS) is 10.7. The Hall–Kier alpha value is -7.45. The Bertz CT molecular complexity index is 2130. The Kier molecular flexibility index (Phi) is 11.5. The van der Waals surface area contributed by atoms with E-state index in [9.17, 15) is 14.4 Å². The molecule has 0 atom stereocenters. The van der Waals surface area contributed by atoms with Gasteiger partial charge in [-0.1, -0.05) is 80.4 Å². The minimum atomic E-state index is -1.19. The lowest BCUT2D eigenvalue weighted by Crippen LogP contribution is -2.30. The summed E-state index contributed by atoms with van der Waals surface area (Å²) in [5.41, 5.74) is 5.49. The summed E-state index contributed by atoms with van der Waals surface area (Å²) < 4.78 is 16.7. The summed E-state index contributed by atoms with van der Waals surface area (Å²) in [6.07, 6.45) is 3.39. The van der Waals surface area contributed by atoms with Gasteiger partial charge in [0.25, 0.3) is 0 Å². The summed E-state index contributed by atoms with van der Waals surface area (Å²) in [5, 5.41) is 0. The lowest BCUT2D eigenvalue weighted by atomic mass is 9.87. The molecular formula is C47H38N2O6. The molecule has 0 amide bonds. The van der Waals surface area contributed by atoms with Crippen LogP contribution in [0.3, 0.4) is 0 Å². The molecule has 272 valence electrons. The van der Waals surface area contributed by atoms with Gasteiger partial charge < -0.3 is 24.0 Å². The SMILES string of the molecule is C=CC(=O)Oc1ccc(N(c2ccccc2)c2ccc(C(C)(OC(=O)C=C)c3ccc(N(c4ccccc4)c4ccc(OC(=O)C=C)cc4)cc3)cc2)cc1. The highest BCUT2D eigenvalue weighted by molar-refractivity contribution is 5.85. The van der Waals surface area contributed by atoms with Crippen LogP contribution in [-0.2, 0) is 24.7 Å². The molecule has 6 aromatic carbocycles. The molecule has 0 heterocycles. The van der Waals surface area contributed by atoms with Gasteiger partial charge in [0.15, 0.2) is 5.60 Å². The first kappa shape index (κ1) is 37.3. The molecule has 6 rings (SSSR count). The van der Waals surface area contributed by atoms with Crippen molar-refractivity contribution in [1.82, 2.24) is 0 Å². The second kappa shape index (κ2) is 16.9. The van der Waals surface area contributed by atoms with E-state index in [2.05, 4.69) is 29.5 Å². The molecule has 6 aromatic rings. The molecule has 0 N–H and O–H groups in total. The van der Waals surface area contributed by atoms with Crippen molar-refractivity contribution in [2.45, 2.75) is 12.5 Å². The van der Waals surface area contributed by atoms with Crippen LogP contribution in [0.2, 0.25) is 0 Å². The van der Waals surface area contributed by atoms with Crippen LogP contribution in [0.4, 0.5) is 34.1 Å². The van der Waals surface area contributed by atoms with Gasteiger partial charge in [-0.25, -0.2) is 14.4 Å². The summed E-state index contributed by atoms with van der Waals surface area (Å²) >= 11 is 0. The van der Waals surface area contributed by atoms with Crippen LogP contribution in [0, 0.1) is 0 Å². The third-order valence-electron chi connectivity index (χ3n) is 8.81. The van der Waals surface area contributed by atoms with Crippen molar-refractivity contribution in [3.63, 3.8) is 0 Å². The Morgan fingerprint density at radius 3 is 1.04 bits per heavy atom. The fourth-order valence-corrected chi connectivity index (χ4v) is 6.08. The highest BCUT2D eigenvalue weighted by atomic mass is 16.6. The zero-order valence-electron chi connectivity index (χ0n) is 30.2. The molecule has 0 aromatic heterocycles. The molecule has 0 unspecified atom stereocenters. The van der Waals surface area contributed by atoms with Gasteiger partial charge in [0.1, 0.15) is 11.5 Å². The average molecular weight is 727 g/mol. The van der Waals surface area contributed by atoms with E-state index in [-0.39, 0.29) is 0 Å². The van der Waals surface area contributed by atoms with Crippen LogP contribution in [0.5, 0.6) is 11.5 Å². The minimum absolute atomic E-state index is 0.402. The maximum absolute atomic E-state index is 12.9. The zero-order chi connectivity index (χ0) is 38.8. The molecule has 0 radical (unpaired) electrons. The number of nitrogens with zero attached hydrogens (tertiary/aromatic N) is 2. The van der Waals surface area contributed by atoms with Gasteiger partial charge in [-0.3, -0.25) is 0 Å². The lowest BCUT2D eigenvalue weighted by molar-refractivity contribution is -0.149. The van der Waals surface area contributed by atoms with E-state index in [1.165, 1.54) is 0 Å². The standard InChI is InChI=1S/C47H38N2O6/c1-5-44(50)53-42-30-26-40(27-31-42)48(36-14-10-8-11-15-36)38-22-18-34(19-23-38)47(4,55-46(52)7-3)35-20-24-39(25-21-35)49(37-16-12-9-13-17-37)41-28-32-43(33-29-41)54-45(51)6-2/h5-33H,1-3H2,4H3. The van der Waals surface area contributed by atoms with E-state index in [4.69, 9.17) is 14.2 Å². The highest BCUT2D eigenvalue weighted by Crippen LogP contribution is 2.41. The van der Waals surface area contributed by atoms with Crippen LogP contribution in [0.25, 0.3) is 0 Å². The summed E-state index contributed by atoms with van der Waals surface area (Å²) in [7, 11) is 0. The number of carbonyl (C=O) groups excluding carboxylic acids is 3. The number of esters is 3. The van der Waals surface area contributed by atoms with E-state index in [1.54, 1.807) is 24.3 Å². The van der Waals surface area contributed by atoms with Crippen LogP contribution in [0.1, 0.15) is 18.1 Å². The maximum Gasteiger partial charge on any atom is 0.335 e. The summed E-state index contributed by atoms with van der Waals surface area (Å²) in [5.74, 6) is -0.835. The quantitative estimate of drug-likeness (QED) is 0.0623. The van der Waals surface area contributed by atoms with Crippen molar-refractivity contribution in [1.29, 1.82) is 0 Å². The fourth-order valence-electron chi connectivity index (χ4n) is 6.08. The molecule has 0 aliphatic heterocycles. The molecule has 0 aliphatic carbocycles. The molecule has 0 saturated carbocycles. The van der Waals surface area contributed by atoms with Crippen molar-refractivity contribution in [2.24, 2.45) is 0 Å². The molecule has 8 heteroatoms. The number of benzene rings is 6. The van der Waals surface area contributed by atoms with Gasteiger partial charge in [-0.15, -0.1) is 0 Å². The molecule has 0 bridgehead atoms. The second-order valence-electron chi connectivity index (χ2n) is 12.3. The summed E-state index contributed by atoms with van der Waals surface area (Å²) in [6.45, 7) is 12.4. The third kappa shape index (κ3) is 8.62. The van der Waals surface area contributed by atoms with E-state index < -0.39 is 23.5 Å². The minimum Gasteiger partial charge on any atom is -0.446 e. The molecule has 0 spiro atoms. The van der Waals surface area contributed by atoms with Crippen LogP contribution >= 0.6 is 0 Å². The zero-order valence-corrected chi connectivity index (χ0v) is 30.2. The Labute approximate surface area is 320 Å². The summed E-state index contributed by atoms with van der Waals surface area (Å²) in [4.78, 5) is 40.5. The van der Waals surface area contributed by atoms with Gasteiger partial charge in [-0.05, 0) is 115 Å². The van der Waals surface area contributed by atoms with Gasteiger partial charge in [0.05, 0.1) is 0 Å². The van der Waals surface area contributed by atoms with Crippen LogP contribution in [-0.4, -0.2) is 17.9 Å². The Morgan fingerprint density at radius 2 is 0.727 bits per heavy atom. The van der Waals surface area contributed by atoms with Crippen LogP contribution in [0.15, 0.2) is 196 Å². The first-order valence-electron chi connectivity index (χ1n) is 17.4. The number of anilines is 6. The van der Waals surface area contributed by atoms with Gasteiger partial charge in [-0.2, -0.15) is 0 Å². The average Bonchev–Trinajstić information content (AvgIpc) is 3.23. The fraction of sp³-hybridized carbons (Fsp3) is 0.0426. The van der Waals surface area contributed by atoms with Crippen molar-refractivity contribution >= 4 is 52.0 Å². The van der Waals surface area contributed by atoms with Gasteiger partial charge >= 0.3 is 17.9 Å². The topological polar surface area (TPSA) is 85.4 Å². The van der Waals surface area contributed by atoms with Crippen molar-refractivity contribution in [3.8, 4) is 11.5 Å². The Balaban J connectivity index is 1.35. The predicted octanol–water partition coefficient (Wildman–Crippen LogP) is 10.8. The smallest absolute Gasteiger partial charge is 0.335 e. The van der Waals surface area contributed by atoms with Gasteiger partial charge in [0, 0.05) is 52.4 Å². The molecule has 0 aliphatic rings. The number of ether oxygens (including phenoxy) is 3. The number of hydrogen-bond donors (Lipinski definition) is 0. The third-order valence-corrected chi connectivity index (χ3v) is 8.81. The molecule has 0 fully saturated rings. The Morgan fingerprint density at radius 1 is 0.436 bits per heavy atom. The lowest BCUT2D eigenvalue weighted by Gasteiger charge is -2.32. The van der Waals surface area contributed by atoms with E-state index in [0.29, 0.717) is 11.5 Å². The van der Waals surface area contributed by atoms with E-state index in [0.717, 1.165) is 63.5 Å². The molecule has 55 heavy (non-hydrogen) atoms. The first-order chi connectivity index (χ1) is 26.7. The highest BCUT2D eigenvalue weighted by Gasteiger charge is 2.33. The van der Waals surface area contributed by atoms with Crippen molar-refractivity contribution in [3.05, 3.63) is 207 Å². The van der Waals surface area contributed by atoms with Crippen molar-refractivity contribution < 1.29 is 28.6 Å².